The van der Waals surface area contributed by atoms with E-state index in [-0.39, 0.29) is 25.3 Å². The first-order valence-corrected chi connectivity index (χ1v) is 22.6. The normalized spacial score (nSPS) is 9.19. The third-order valence-corrected chi connectivity index (χ3v) is 9.79. The SMILES string of the molecule is CC(C)(C)c1ccc(O)c(S)c1.Oc1ccccc1S.Sc1ccccc1.Sc1ccccc1.Sc1ccccc1.Sc1ccccc1.Sc1ccccc1.Sc1ccccc1.[B]. The quantitative estimate of drug-likeness (QED) is 0.0556. The summed E-state index contributed by atoms with van der Waals surface area (Å²) in [6.07, 6.45) is 0. The smallest absolute Gasteiger partial charge is 0.128 e. The molecule has 0 aliphatic heterocycles. The number of hydrogen-bond donors (Lipinski definition) is 10. The van der Waals surface area contributed by atoms with Crippen molar-refractivity contribution >= 4 is 109 Å². The van der Waals surface area contributed by atoms with Crippen LogP contribution in [0.2, 0.25) is 0 Å². The zero-order valence-corrected chi connectivity index (χ0v) is 42.6. The lowest BCUT2D eigenvalue weighted by Gasteiger charge is -2.19. The highest BCUT2D eigenvalue weighted by molar-refractivity contribution is 7.81. The molecular formula is C52H56BO2S8. The molecule has 0 amide bonds. The van der Waals surface area contributed by atoms with Crippen LogP contribution in [0.25, 0.3) is 0 Å². The fraction of sp³-hybridized carbons (Fsp3) is 0.0769. The lowest BCUT2D eigenvalue weighted by molar-refractivity contribution is 0.460. The molecule has 0 bridgehead atoms. The van der Waals surface area contributed by atoms with Crippen molar-refractivity contribution in [2.75, 3.05) is 0 Å². The van der Waals surface area contributed by atoms with Crippen LogP contribution < -0.4 is 0 Å². The van der Waals surface area contributed by atoms with Gasteiger partial charge in [0, 0.05) is 47.6 Å². The van der Waals surface area contributed by atoms with Gasteiger partial charge in [0.05, 0.1) is 0 Å². The zero-order chi connectivity index (χ0) is 46.0. The summed E-state index contributed by atoms with van der Waals surface area (Å²) >= 11 is 32.6. The third-order valence-electron chi connectivity index (χ3n) is 7.26. The van der Waals surface area contributed by atoms with Crippen LogP contribution in [0.1, 0.15) is 26.3 Å². The first kappa shape index (κ1) is 59.2. The van der Waals surface area contributed by atoms with Gasteiger partial charge in [0.2, 0.25) is 0 Å². The van der Waals surface area contributed by atoms with Crippen LogP contribution >= 0.6 is 101 Å². The molecule has 0 aromatic heterocycles. The Labute approximate surface area is 422 Å². The maximum absolute atomic E-state index is 9.23. The highest BCUT2D eigenvalue weighted by atomic mass is 32.1. The summed E-state index contributed by atoms with van der Waals surface area (Å²) in [6, 6.07) is 71.2. The second kappa shape index (κ2) is 36.6. The van der Waals surface area contributed by atoms with E-state index in [1.165, 1.54) is 5.56 Å². The number of phenols is 2. The van der Waals surface area contributed by atoms with Gasteiger partial charge in [-0.2, -0.15) is 0 Å². The highest BCUT2D eigenvalue weighted by Gasteiger charge is 2.14. The number of thiol groups is 8. The first-order chi connectivity index (χ1) is 29.6. The Balaban J connectivity index is 0.000000701. The van der Waals surface area contributed by atoms with Crippen LogP contribution in [0.15, 0.2) is 264 Å². The summed E-state index contributed by atoms with van der Waals surface area (Å²) in [6.45, 7) is 6.39. The van der Waals surface area contributed by atoms with Gasteiger partial charge >= 0.3 is 0 Å². The van der Waals surface area contributed by atoms with Gasteiger partial charge in [-0.25, -0.2) is 0 Å². The summed E-state index contributed by atoms with van der Waals surface area (Å²) in [5, 5.41) is 18.1. The van der Waals surface area contributed by atoms with Crippen LogP contribution in [0, 0.1) is 0 Å². The van der Waals surface area contributed by atoms with E-state index in [0.717, 1.165) is 29.4 Å². The molecule has 0 fully saturated rings. The van der Waals surface area contributed by atoms with Crippen LogP contribution in [0.5, 0.6) is 11.5 Å². The van der Waals surface area contributed by atoms with E-state index >= 15 is 0 Å². The Morgan fingerprint density at radius 3 is 0.667 bits per heavy atom. The Morgan fingerprint density at radius 2 is 0.508 bits per heavy atom. The summed E-state index contributed by atoms with van der Waals surface area (Å²) in [4.78, 5) is 7.36. The standard InChI is InChI=1S/C10H14OS.C6H6OS.6C6H6S.B/c1-10(2,3)7-4-5-8(11)9(12)6-7;7-5-3-1-2-4-6(5)8;6*7-6-4-2-1-3-5-6;/h4-6,11-12H,1-3H3;1-4,7-8H;6*1-5,7H;. The molecule has 2 nitrogen and oxygen atoms in total. The van der Waals surface area contributed by atoms with Crippen molar-refractivity contribution in [1.29, 1.82) is 0 Å². The number of aromatic hydroxyl groups is 2. The number of hydrogen-bond acceptors (Lipinski definition) is 10. The number of benzene rings is 8. The molecule has 63 heavy (non-hydrogen) atoms. The van der Waals surface area contributed by atoms with Crippen molar-refractivity contribution in [3.8, 4) is 11.5 Å². The van der Waals surface area contributed by atoms with Gasteiger partial charge in [-0.1, -0.05) is 148 Å². The van der Waals surface area contributed by atoms with E-state index in [9.17, 15) is 5.11 Å². The van der Waals surface area contributed by atoms with Crippen LogP contribution in [0.4, 0.5) is 0 Å². The summed E-state index contributed by atoms with van der Waals surface area (Å²) in [5.41, 5.74) is 1.30. The van der Waals surface area contributed by atoms with Gasteiger partial charge in [-0.05, 0) is 108 Å². The van der Waals surface area contributed by atoms with Crippen LogP contribution in [0.3, 0.4) is 0 Å². The highest BCUT2D eigenvalue weighted by Crippen LogP contribution is 2.29. The lowest BCUT2D eigenvalue weighted by atomic mass is 9.87. The minimum absolute atomic E-state index is 0. The summed E-state index contributed by atoms with van der Waals surface area (Å²) < 4.78 is 0. The molecule has 0 heterocycles. The molecule has 8 aromatic rings. The summed E-state index contributed by atoms with van der Waals surface area (Å²) in [7, 11) is 0. The molecule has 2 N–H and O–H groups in total. The topological polar surface area (TPSA) is 40.5 Å². The van der Waals surface area contributed by atoms with Gasteiger partial charge in [-0.3, -0.25) is 0 Å². The van der Waals surface area contributed by atoms with Gasteiger partial charge in [0.15, 0.2) is 0 Å². The Hall–Kier alpha value is -3.78. The fourth-order valence-corrected chi connectivity index (χ4v) is 5.43. The molecule has 0 saturated carbocycles. The second-order valence-corrected chi connectivity index (χ2v) is 17.5. The Bertz CT molecular complexity index is 1960. The van der Waals surface area contributed by atoms with E-state index in [4.69, 9.17) is 5.11 Å². The molecule has 8 rings (SSSR count). The first-order valence-electron chi connectivity index (χ1n) is 19.0. The predicted octanol–water partition coefficient (Wildman–Crippen LogP) is 16.1. The van der Waals surface area contributed by atoms with Gasteiger partial charge in [0.25, 0.3) is 0 Å². The monoisotopic (exact) mass is 979 g/mol. The average molecular weight is 980 g/mol. The molecule has 3 radical (unpaired) electrons. The van der Waals surface area contributed by atoms with Crippen molar-refractivity contribution < 1.29 is 10.2 Å². The third kappa shape index (κ3) is 33.4. The molecular weight excluding hydrogens is 924 g/mol. The lowest BCUT2D eigenvalue weighted by Crippen LogP contribution is -2.10. The largest absolute Gasteiger partial charge is 0.507 e. The van der Waals surface area contributed by atoms with E-state index in [1.807, 2.05) is 200 Å². The van der Waals surface area contributed by atoms with Gasteiger partial charge in [-0.15, -0.1) is 101 Å². The van der Waals surface area contributed by atoms with Crippen molar-refractivity contribution in [2.24, 2.45) is 0 Å². The van der Waals surface area contributed by atoms with Gasteiger partial charge < -0.3 is 10.2 Å². The predicted molar refractivity (Wildman–Crippen MR) is 297 cm³/mol. The van der Waals surface area contributed by atoms with Crippen LogP contribution in [-0.2, 0) is 5.41 Å². The molecule has 0 saturated heterocycles. The molecule has 8 aromatic carbocycles. The molecule has 327 valence electrons. The van der Waals surface area contributed by atoms with Crippen molar-refractivity contribution in [3.63, 3.8) is 0 Å². The van der Waals surface area contributed by atoms with Crippen molar-refractivity contribution in [3.05, 3.63) is 230 Å². The number of rotatable bonds is 0. The zero-order valence-electron chi connectivity index (χ0n) is 35.4. The van der Waals surface area contributed by atoms with E-state index in [2.05, 4.69) is 122 Å². The molecule has 0 atom stereocenters. The number of para-hydroxylation sites is 1. The maximum atomic E-state index is 9.23. The molecule has 0 aliphatic carbocycles. The minimum atomic E-state index is 0. The van der Waals surface area contributed by atoms with E-state index in [0.29, 0.717) is 9.79 Å². The maximum Gasteiger partial charge on any atom is 0.128 e. The van der Waals surface area contributed by atoms with Crippen LogP contribution in [-0.4, -0.2) is 18.6 Å². The molecule has 0 unspecified atom stereocenters. The average Bonchev–Trinajstić information content (AvgIpc) is 3.26. The van der Waals surface area contributed by atoms with E-state index < -0.39 is 0 Å². The Morgan fingerprint density at radius 1 is 0.286 bits per heavy atom. The second-order valence-electron chi connectivity index (χ2n) is 13.5. The van der Waals surface area contributed by atoms with Gasteiger partial charge in [0.1, 0.15) is 11.5 Å². The minimum Gasteiger partial charge on any atom is -0.507 e. The fourth-order valence-electron chi connectivity index (χ4n) is 4.02. The number of phenolic OH excluding ortho intramolecular Hbond substituents is 2. The van der Waals surface area contributed by atoms with Crippen molar-refractivity contribution in [2.45, 2.75) is 65.4 Å². The molecule has 0 aliphatic rings. The van der Waals surface area contributed by atoms with Crippen molar-refractivity contribution in [1.82, 2.24) is 0 Å². The summed E-state index contributed by atoms with van der Waals surface area (Å²) in [5.74, 6) is 0.474. The Kier molecular flexibility index (Phi) is 34.4. The molecule has 0 spiro atoms. The van der Waals surface area contributed by atoms with E-state index in [1.54, 1.807) is 24.3 Å². The molecule has 11 heteroatoms.